The van der Waals surface area contributed by atoms with E-state index in [1.165, 1.54) is 0 Å². The number of rotatable bonds is 8. The molecule has 0 fully saturated rings. The second-order valence-electron chi connectivity index (χ2n) is 5.31. The Balaban J connectivity index is 2.65. The molecule has 0 amide bonds. The first-order chi connectivity index (χ1) is 9.83. The van der Waals surface area contributed by atoms with Crippen LogP contribution in [0.25, 0.3) is 0 Å². The molecule has 120 valence electrons. The van der Waals surface area contributed by atoms with E-state index >= 15 is 0 Å². The van der Waals surface area contributed by atoms with Crippen LogP contribution >= 0.6 is 0 Å². The molecule has 1 aromatic carbocycles. The third-order valence-corrected chi connectivity index (χ3v) is 3.27. The maximum absolute atomic E-state index is 12.1. The molecule has 0 radical (unpaired) electrons. The van der Waals surface area contributed by atoms with Gasteiger partial charge in [0.05, 0.1) is 25.7 Å². The fourth-order valence-electron chi connectivity index (χ4n) is 2.10. The second kappa shape index (κ2) is 8.39. The highest BCUT2D eigenvalue weighted by Gasteiger charge is 2.26. The summed E-state index contributed by atoms with van der Waals surface area (Å²) in [5.41, 5.74) is 3.35. The van der Waals surface area contributed by atoms with Crippen molar-refractivity contribution in [1.29, 1.82) is 0 Å². The Bertz CT molecular complexity index is 432. The molecule has 0 aliphatic carbocycles. The number of aryl methyl sites for hydroxylation is 2. The van der Waals surface area contributed by atoms with Gasteiger partial charge in [-0.3, -0.25) is 0 Å². The number of hydrogen-bond acceptors (Lipinski definition) is 2. The maximum Gasteiger partial charge on any atom is 0.391 e. The normalized spacial score (nSPS) is 13.4. The molecule has 1 unspecified atom stereocenters. The van der Waals surface area contributed by atoms with E-state index in [1.807, 2.05) is 26.0 Å². The van der Waals surface area contributed by atoms with Crippen molar-refractivity contribution < 1.29 is 17.9 Å². The summed E-state index contributed by atoms with van der Waals surface area (Å²) in [6.45, 7) is 6.83. The van der Waals surface area contributed by atoms with Crippen molar-refractivity contribution in [3.8, 4) is 0 Å². The van der Waals surface area contributed by atoms with Crippen LogP contribution in [0.1, 0.15) is 42.5 Å². The number of ether oxygens (including phenoxy) is 1. The number of hydrogen-bond donors (Lipinski definition) is 1. The van der Waals surface area contributed by atoms with Crippen LogP contribution in [0.3, 0.4) is 0 Å². The molecule has 0 bridgehead atoms. The van der Waals surface area contributed by atoms with E-state index in [4.69, 9.17) is 4.74 Å². The molecule has 0 aliphatic rings. The van der Waals surface area contributed by atoms with E-state index in [-0.39, 0.29) is 19.3 Å². The zero-order chi connectivity index (χ0) is 15.9. The lowest BCUT2D eigenvalue weighted by Gasteiger charge is -2.21. The monoisotopic (exact) mass is 303 g/mol. The molecule has 0 aliphatic heterocycles. The summed E-state index contributed by atoms with van der Waals surface area (Å²) in [4.78, 5) is 0. The van der Waals surface area contributed by atoms with Gasteiger partial charge in [-0.25, -0.2) is 0 Å². The molecule has 0 saturated carbocycles. The molecule has 1 atom stereocenters. The Labute approximate surface area is 124 Å². The molecule has 1 N–H and O–H groups in total. The molecular formula is C16H24F3NO. The van der Waals surface area contributed by atoms with Crippen LogP contribution in [0.2, 0.25) is 0 Å². The van der Waals surface area contributed by atoms with Crippen molar-refractivity contribution in [1.82, 2.24) is 5.32 Å². The van der Waals surface area contributed by atoms with E-state index in [2.05, 4.69) is 18.3 Å². The van der Waals surface area contributed by atoms with Crippen molar-refractivity contribution in [2.75, 3.05) is 19.8 Å². The largest absolute Gasteiger partial charge is 0.391 e. The Morgan fingerprint density at radius 2 is 1.95 bits per heavy atom. The fourth-order valence-corrected chi connectivity index (χ4v) is 2.10. The lowest BCUT2D eigenvalue weighted by Crippen LogP contribution is -2.27. The summed E-state index contributed by atoms with van der Waals surface area (Å²) in [5, 5.41) is 3.35. The van der Waals surface area contributed by atoms with Gasteiger partial charge in [-0.1, -0.05) is 30.7 Å². The summed E-state index contributed by atoms with van der Waals surface area (Å²) >= 11 is 0. The van der Waals surface area contributed by atoms with Crippen LogP contribution in [0.4, 0.5) is 13.2 Å². The number of benzene rings is 1. The predicted octanol–water partition coefficient (Wildman–Crippen LogP) is 4.31. The Morgan fingerprint density at radius 3 is 2.57 bits per heavy atom. The summed E-state index contributed by atoms with van der Waals surface area (Å²) in [7, 11) is 0. The van der Waals surface area contributed by atoms with Gasteiger partial charge in [-0.05, 0) is 37.9 Å². The Kier molecular flexibility index (Phi) is 7.18. The summed E-state index contributed by atoms with van der Waals surface area (Å²) in [6.07, 6.45) is -4.10. The fraction of sp³-hybridized carbons (Fsp3) is 0.625. The zero-order valence-corrected chi connectivity index (χ0v) is 12.9. The van der Waals surface area contributed by atoms with E-state index in [0.717, 1.165) is 29.7 Å². The molecule has 21 heavy (non-hydrogen) atoms. The van der Waals surface area contributed by atoms with Crippen LogP contribution in [0, 0.1) is 13.8 Å². The van der Waals surface area contributed by atoms with Crippen molar-refractivity contribution in [2.24, 2.45) is 0 Å². The molecule has 0 saturated heterocycles. The van der Waals surface area contributed by atoms with Crippen molar-refractivity contribution in [3.05, 3.63) is 34.9 Å². The van der Waals surface area contributed by atoms with E-state index < -0.39 is 12.6 Å². The minimum Gasteiger partial charge on any atom is -0.379 e. The van der Waals surface area contributed by atoms with Crippen LogP contribution in [-0.2, 0) is 4.74 Å². The van der Waals surface area contributed by atoms with Gasteiger partial charge in [0.25, 0.3) is 0 Å². The minimum atomic E-state index is -4.16. The van der Waals surface area contributed by atoms with Gasteiger partial charge >= 0.3 is 6.18 Å². The number of nitrogens with one attached hydrogen (secondary N) is 1. The lowest BCUT2D eigenvalue weighted by atomic mass is 9.99. The average Bonchev–Trinajstić information content (AvgIpc) is 2.40. The van der Waals surface area contributed by atoms with Crippen LogP contribution < -0.4 is 5.32 Å². The van der Waals surface area contributed by atoms with Crippen molar-refractivity contribution in [3.63, 3.8) is 0 Å². The average molecular weight is 303 g/mol. The minimum absolute atomic E-state index is 0.0712. The lowest BCUT2D eigenvalue weighted by molar-refractivity contribution is -0.145. The highest BCUT2D eigenvalue weighted by atomic mass is 19.4. The third kappa shape index (κ3) is 6.96. The second-order valence-corrected chi connectivity index (χ2v) is 5.31. The molecule has 1 rings (SSSR count). The van der Waals surface area contributed by atoms with E-state index in [1.54, 1.807) is 0 Å². The summed E-state index contributed by atoms with van der Waals surface area (Å²) < 4.78 is 41.6. The molecule has 0 spiro atoms. The van der Waals surface area contributed by atoms with Gasteiger partial charge in [0, 0.05) is 0 Å². The van der Waals surface area contributed by atoms with E-state index in [9.17, 15) is 13.2 Å². The van der Waals surface area contributed by atoms with Crippen molar-refractivity contribution >= 4 is 0 Å². The summed E-state index contributed by atoms with van der Waals surface area (Å²) in [6, 6.07) is 6.05. The molecule has 0 heterocycles. The molecule has 1 aromatic rings. The Hall–Kier alpha value is -1.07. The topological polar surface area (TPSA) is 21.3 Å². The van der Waals surface area contributed by atoms with Gasteiger partial charge in [0.2, 0.25) is 0 Å². The molecular weight excluding hydrogens is 279 g/mol. The van der Waals surface area contributed by atoms with Crippen LogP contribution in [0.15, 0.2) is 18.2 Å². The first kappa shape index (κ1) is 18.0. The predicted molar refractivity (Wildman–Crippen MR) is 78.4 cm³/mol. The number of alkyl halides is 3. The van der Waals surface area contributed by atoms with Gasteiger partial charge in [-0.2, -0.15) is 13.2 Å². The first-order valence-electron chi connectivity index (χ1n) is 7.28. The highest BCUT2D eigenvalue weighted by Crippen LogP contribution is 2.22. The van der Waals surface area contributed by atoms with Crippen molar-refractivity contribution in [2.45, 2.75) is 45.8 Å². The van der Waals surface area contributed by atoms with Gasteiger partial charge < -0.3 is 10.1 Å². The van der Waals surface area contributed by atoms with Crippen LogP contribution in [-0.4, -0.2) is 25.9 Å². The SMILES string of the molecule is CCCNC(COCCC(F)(F)F)c1cc(C)ccc1C. The standard InChI is InChI=1S/C16H24F3NO/c1-4-8-20-15(11-21-9-7-16(17,18)19)14-10-12(2)5-6-13(14)3/h5-6,10,15,20H,4,7-9,11H2,1-3H3. The molecule has 2 nitrogen and oxygen atoms in total. The van der Waals surface area contributed by atoms with Crippen LogP contribution in [0.5, 0.6) is 0 Å². The summed E-state index contributed by atoms with van der Waals surface area (Å²) in [5.74, 6) is 0. The molecule has 0 aromatic heterocycles. The zero-order valence-electron chi connectivity index (χ0n) is 12.9. The van der Waals surface area contributed by atoms with Gasteiger partial charge in [0.1, 0.15) is 0 Å². The maximum atomic E-state index is 12.1. The van der Waals surface area contributed by atoms with E-state index in [0.29, 0.717) is 0 Å². The Morgan fingerprint density at radius 1 is 1.24 bits per heavy atom. The van der Waals surface area contributed by atoms with Gasteiger partial charge in [0.15, 0.2) is 0 Å². The quantitative estimate of drug-likeness (QED) is 0.722. The molecule has 5 heteroatoms. The first-order valence-corrected chi connectivity index (χ1v) is 7.28. The smallest absolute Gasteiger partial charge is 0.379 e. The third-order valence-electron chi connectivity index (χ3n) is 3.27. The van der Waals surface area contributed by atoms with Gasteiger partial charge in [-0.15, -0.1) is 0 Å². The highest BCUT2D eigenvalue weighted by molar-refractivity contribution is 5.33. The number of halogens is 3.